The number of benzene rings is 1. The average molecular weight is 403 g/mol. The normalized spacial score (nSPS) is 10.5. The molecule has 1 aromatic carbocycles. The summed E-state index contributed by atoms with van der Waals surface area (Å²) in [4.78, 5) is 27.4. The Bertz CT molecular complexity index is 1030. The van der Waals surface area contributed by atoms with Gasteiger partial charge in [0.05, 0.1) is 24.8 Å². The Kier molecular flexibility index (Phi) is 5.54. The number of amides is 1. The Morgan fingerprint density at radius 3 is 2.79 bits per heavy atom. The van der Waals surface area contributed by atoms with Crippen LogP contribution in [0.1, 0.15) is 17.4 Å². The molecule has 0 radical (unpaired) electrons. The van der Waals surface area contributed by atoms with Crippen molar-refractivity contribution >= 4 is 28.1 Å². The zero-order chi connectivity index (χ0) is 20.3. The van der Waals surface area contributed by atoms with Crippen LogP contribution in [-0.4, -0.2) is 39.8 Å². The first-order chi connectivity index (χ1) is 13.5. The Labute approximate surface area is 163 Å². The number of aromatic nitrogens is 3. The minimum atomic E-state index is -0.697. The molecule has 0 saturated carbocycles. The topological polar surface area (TPSA) is 121 Å². The lowest BCUT2D eigenvalue weighted by Crippen LogP contribution is -2.14. The van der Waals surface area contributed by atoms with E-state index in [0.29, 0.717) is 29.3 Å². The van der Waals surface area contributed by atoms with Crippen molar-refractivity contribution in [2.45, 2.75) is 13.5 Å². The number of hydrogen-bond acceptors (Lipinski definition) is 8. The molecule has 146 valence electrons. The van der Waals surface area contributed by atoms with Gasteiger partial charge in [0.1, 0.15) is 17.7 Å². The van der Waals surface area contributed by atoms with Crippen LogP contribution in [0.2, 0.25) is 0 Å². The van der Waals surface area contributed by atoms with Crippen molar-refractivity contribution in [3.8, 4) is 22.8 Å². The predicted octanol–water partition coefficient (Wildman–Crippen LogP) is 3.20. The van der Waals surface area contributed by atoms with Gasteiger partial charge in [-0.1, -0.05) is 0 Å². The zero-order valence-corrected chi connectivity index (χ0v) is 16.1. The standard InChI is InChI=1S/C17H17N5O5S/c1-4-21-8-13(22(24)25)15(20-21)16(23)19-17-18-12(9-28-17)11-7-10(26-2)5-6-14(11)27-3/h5-9H,4H2,1-3H3,(H,18,19,23). The zero-order valence-electron chi connectivity index (χ0n) is 15.3. The summed E-state index contributed by atoms with van der Waals surface area (Å²) in [6.07, 6.45) is 1.23. The maximum atomic E-state index is 12.5. The lowest BCUT2D eigenvalue weighted by Gasteiger charge is -2.08. The molecule has 1 N–H and O–H groups in total. The Morgan fingerprint density at radius 1 is 1.36 bits per heavy atom. The number of hydrogen-bond donors (Lipinski definition) is 1. The smallest absolute Gasteiger partial charge is 0.320 e. The molecule has 2 aromatic heterocycles. The van der Waals surface area contributed by atoms with E-state index in [1.807, 2.05) is 0 Å². The monoisotopic (exact) mass is 403 g/mol. The first-order valence-corrected chi connectivity index (χ1v) is 9.05. The van der Waals surface area contributed by atoms with Gasteiger partial charge in [0.15, 0.2) is 5.13 Å². The molecule has 11 heteroatoms. The molecule has 0 unspecified atom stereocenters. The van der Waals surface area contributed by atoms with Crippen LogP contribution in [0.3, 0.4) is 0 Å². The number of ether oxygens (including phenoxy) is 2. The van der Waals surface area contributed by atoms with Crippen molar-refractivity contribution in [3.63, 3.8) is 0 Å². The summed E-state index contributed by atoms with van der Waals surface area (Å²) in [5.74, 6) is 0.536. The van der Waals surface area contributed by atoms with Gasteiger partial charge in [-0.2, -0.15) is 5.10 Å². The van der Waals surface area contributed by atoms with E-state index in [1.54, 1.807) is 44.7 Å². The van der Waals surface area contributed by atoms with Gasteiger partial charge in [0, 0.05) is 17.5 Å². The van der Waals surface area contributed by atoms with Gasteiger partial charge in [-0.05, 0) is 25.1 Å². The molecular weight excluding hydrogens is 386 g/mol. The summed E-state index contributed by atoms with van der Waals surface area (Å²) >= 11 is 1.18. The number of nitrogens with one attached hydrogen (secondary N) is 1. The van der Waals surface area contributed by atoms with E-state index in [1.165, 1.54) is 22.2 Å². The maximum Gasteiger partial charge on any atom is 0.320 e. The number of carbonyl (C=O) groups excluding carboxylic acids is 1. The summed E-state index contributed by atoms with van der Waals surface area (Å²) in [6.45, 7) is 2.18. The van der Waals surface area contributed by atoms with Crippen molar-refractivity contribution in [3.05, 3.63) is 45.6 Å². The fourth-order valence-corrected chi connectivity index (χ4v) is 3.20. The van der Waals surface area contributed by atoms with Crippen LogP contribution in [-0.2, 0) is 6.54 Å². The predicted molar refractivity (Wildman–Crippen MR) is 103 cm³/mol. The van der Waals surface area contributed by atoms with Gasteiger partial charge >= 0.3 is 5.69 Å². The van der Waals surface area contributed by atoms with Crippen LogP contribution in [0.15, 0.2) is 29.8 Å². The van der Waals surface area contributed by atoms with Crippen LogP contribution in [0.25, 0.3) is 11.3 Å². The molecule has 0 atom stereocenters. The Morgan fingerprint density at radius 2 is 2.14 bits per heavy atom. The molecule has 0 aliphatic rings. The van der Waals surface area contributed by atoms with Crippen molar-refractivity contribution < 1.29 is 19.2 Å². The second-order valence-electron chi connectivity index (χ2n) is 5.53. The molecular formula is C17H17N5O5S. The highest BCUT2D eigenvalue weighted by atomic mass is 32.1. The van der Waals surface area contributed by atoms with Gasteiger partial charge in [-0.15, -0.1) is 11.3 Å². The van der Waals surface area contributed by atoms with Crippen LogP contribution in [0.5, 0.6) is 11.5 Å². The first-order valence-electron chi connectivity index (χ1n) is 8.18. The summed E-state index contributed by atoms with van der Waals surface area (Å²) in [6, 6.07) is 5.29. The van der Waals surface area contributed by atoms with E-state index in [2.05, 4.69) is 15.4 Å². The molecule has 0 spiro atoms. The fraction of sp³-hybridized carbons (Fsp3) is 0.235. The molecule has 0 saturated heterocycles. The number of carbonyl (C=O) groups is 1. The summed E-state index contributed by atoms with van der Waals surface area (Å²) < 4.78 is 11.9. The molecule has 0 fully saturated rings. The van der Waals surface area contributed by atoms with Crippen molar-refractivity contribution in [1.29, 1.82) is 0 Å². The number of anilines is 1. The van der Waals surface area contributed by atoms with E-state index in [4.69, 9.17) is 9.47 Å². The summed E-state index contributed by atoms with van der Waals surface area (Å²) in [7, 11) is 3.10. The molecule has 28 heavy (non-hydrogen) atoms. The van der Waals surface area contributed by atoms with Gasteiger partial charge < -0.3 is 9.47 Å². The average Bonchev–Trinajstić information content (AvgIpc) is 3.34. The third kappa shape index (κ3) is 3.78. The van der Waals surface area contributed by atoms with Crippen LogP contribution >= 0.6 is 11.3 Å². The quantitative estimate of drug-likeness (QED) is 0.475. The molecule has 2 heterocycles. The van der Waals surface area contributed by atoms with E-state index in [-0.39, 0.29) is 16.5 Å². The number of methoxy groups -OCH3 is 2. The van der Waals surface area contributed by atoms with Crippen molar-refractivity contribution in [2.75, 3.05) is 19.5 Å². The fourth-order valence-electron chi connectivity index (χ4n) is 2.49. The number of rotatable bonds is 7. The highest BCUT2D eigenvalue weighted by Gasteiger charge is 2.26. The third-order valence-electron chi connectivity index (χ3n) is 3.89. The number of nitrogens with zero attached hydrogens (tertiary/aromatic N) is 4. The van der Waals surface area contributed by atoms with Gasteiger partial charge in [0.2, 0.25) is 5.69 Å². The molecule has 0 aliphatic carbocycles. The summed E-state index contributed by atoms with van der Waals surface area (Å²) in [5, 5.41) is 19.7. The summed E-state index contributed by atoms with van der Waals surface area (Å²) in [5.41, 5.74) is 0.651. The van der Waals surface area contributed by atoms with E-state index >= 15 is 0 Å². The second kappa shape index (κ2) is 8.05. The van der Waals surface area contributed by atoms with E-state index in [9.17, 15) is 14.9 Å². The van der Waals surface area contributed by atoms with Crippen LogP contribution in [0, 0.1) is 10.1 Å². The Balaban J connectivity index is 1.87. The molecule has 10 nitrogen and oxygen atoms in total. The highest BCUT2D eigenvalue weighted by molar-refractivity contribution is 7.14. The Hall–Kier alpha value is -3.47. The van der Waals surface area contributed by atoms with E-state index < -0.39 is 10.8 Å². The molecule has 3 rings (SSSR count). The largest absolute Gasteiger partial charge is 0.497 e. The van der Waals surface area contributed by atoms with Gasteiger partial charge in [0.25, 0.3) is 5.91 Å². The molecule has 3 aromatic rings. The number of thiazole rings is 1. The van der Waals surface area contributed by atoms with Crippen LogP contribution < -0.4 is 14.8 Å². The second-order valence-corrected chi connectivity index (χ2v) is 6.39. The molecule has 1 amide bonds. The van der Waals surface area contributed by atoms with Crippen LogP contribution in [0.4, 0.5) is 10.8 Å². The number of aryl methyl sites for hydroxylation is 1. The lowest BCUT2D eigenvalue weighted by atomic mass is 10.1. The van der Waals surface area contributed by atoms with Gasteiger partial charge in [-0.3, -0.25) is 24.9 Å². The first kappa shape index (κ1) is 19.3. The van der Waals surface area contributed by atoms with Crippen molar-refractivity contribution in [1.82, 2.24) is 14.8 Å². The lowest BCUT2D eigenvalue weighted by molar-refractivity contribution is -0.385. The van der Waals surface area contributed by atoms with Crippen molar-refractivity contribution in [2.24, 2.45) is 0 Å². The third-order valence-corrected chi connectivity index (χ3v) is 4.64. The molecule has 0 aliphatic heterocycles. The minimum absolute atomic E-state index is 0.262. The maximum absolute atomic E-state index is 12.5. The minimum Gasteiger partial charge on any atom is -0.497 e. The highest BCUT2D eigenvalue weighted by Crippen LogP contribution is 2.35. The molecule has 0 bridgehead atoms. The van der Waals surface area contributed by atoms with Gasteiger partial charge in [-0.25, -0.2) is 4.98 Å². The SMILES string of the molecule is CCn1cc([N+](=O)[O-])c(C(=O)Nc2nc(-c3cc(OC)ccc3OC)cs2)n1. The number of nitro groups is 1. The van der Waals surface area contributed by atoms with E-state index in [0.717, 1.165) is 0 Å².